The van der Waals surface area contributed by atoms with Gasteiger partial charge in [-0.3, -0.25) is 14.6 Å². The van der Waals surface area contributed by atoms with Crippen LogP contribution in [0.2, 0.25) is 0 Å². The minimum Gasteiger partial charge on any atom is -0.350 e. The Kier molecular flexibility index (Phi) is 6.07. The summed E-state index contributed by atoms with van der Waals surface area (Å²) in [5.74, 6) is 1.01. The van der Waals surface area contributed by atoms with Crippen molar-refractivity contribution in [3.63, 3.8) is 0 Å². The van der Waals surface area contributed by atoms with Gasteiger partial charge in [-0.25, -0.2) is 9.97 Å². The summed E-state index contributed by atoms with van der Waals surface area (Å²) in [6.45, 7) is 13.2. The molecule has 0 atom stereocenters. The molecule has 23 heavy (non-hydrogen) atoms. The van der Waals surface area contributed by atoms with Gasteiger partial charge in [0.15, 0.2) is 0 Å². The van der Waals surface area contributed by atoms with Gasteiger partial charge >= 0.3 is 0 Å². The van der Waals surface area contributed by atoms with Crippen molar-refractivity contribution in [2.75, 3.05) is 32.7 Å². The summed E-state index contributed by atoms with van der Waals surface area (Å²) in [6, 6.07) is 1.99. The van der Waals surface area contributed by atoms with Crippen molar-refractivity contribution in [3.8, 4) is 0 Å². The van der Waals surface area contributed by atoms with Crippen molar-refractivity contribution in [3.05, 3.63) is 23.8 Å². The summed E-state index contributed by atoms with van der Waals surface area (Å²) in [4.78, 5) is 25.4. The van der Waals surface area contributed by atoms with Gasteiger partial charge in [0.05, 0.1) is 12.2 Å². The number of piperazine rings is 1. The van der Waals surface area contributed by atoms with Crippen LogP contribution < -0.4 is 5.32 Å². The van der Waals surface area contributed by atoms with E-state index in [0.29, 0.717) is 6.54 Å². The van der Waals surface area contributed by atoms with Crippen LogP contribution in [-0.4, -0.2) is 63.9 Å². The summed E-state index contributed by atoms with van der Waals surface area (Å²) in [7, 11) is 0. The largest absolute Gasteiger partial charge is 0.350 e. The summed E-state index contributed by atoms with van der Waals surface area (Å²) in [5, 5.41) is 3.02. The van der Waals surface area contributed by atoms with Gasteiger partial charge in [0, 0.05) is 50.9 Å². The number of nitrogens with zero attached hydrogens (tertiary/aromatic N) is 4. The van der Waals surface area contributed by atoms with Crippen molar-refractivity contribution in [1.29, 1.82) is 0 Å². The summed E-state index contributed by atoms with van der Waals surface area (Å²) >= 11 is 0. The normalized spacial score (nSPS) is 17.2. The third-order valence-corrected chi connectivity index (χ3v) is 3.81. The maximum atomic E-state index is 12.0. The smallest absolute Gasteiger partial charge is 0.234 e. The number of nitrogens with one attached hydrogen (secondary N) is 1. The molecule has 1 aromatic rings. The summed E-state index contributed by atoms with van der Waals surface area (Å²) in [6.07, 6.45) is 2.71. The van der Waals surface area contributed by atoms with Crippen molar-refractivity contribution < 1.29 is 4.79 Å². The molecule has 1 saturated heterocycles. The number of carbonyl (C=O) groups excluding carboxylic acids is 1. The van der Waals surface area contributed by atoms with Crippen LogP contribution in [0.25, 0.3) is 0 Å². The molecule has 6 heteroatoms. The first-order valence-electron chi connectivity index (χ1n) is 8.42. The first-order valence-corrected chi connectivity index (χ1v) is 8.42. The molecule has 1 N–H and O–H groups in total. The van der Waals surface area contributed by atoms with Crippen molar-refractivity contribution in [2.24, 2.45) is 0 Å². The molecule has 1 amide bonds. The Balaban J connectivity index is 1.76. The van der Waals surface area contributed by atoms with Crippen LogP contribution in [0.1, 0.15) is 39.2 Å². The second-order valence-electron chi connectivity index (χ2n) is 7.17. The van der Waals surface area contributed by atoms with Crippen LogP contribution in [0.15, 0.2) is 12.3 Å². The lowest BCUT2D eigenvalue weighted by Crippen LogP contribution is -2.51. The van der Waals surface area contributed by atoms with E-state index in [0.717, 1.165) is 50.7 Å². The molecule has 2 rings (SSSR count). The van der Waals surface area contributed by atoms with Crippen molar-refractivity contribution >= 4 is 5.91 Å². The highest BCUT2D eigenvalue weighted by molar-refractivity contribution is 5.78. The Hall–Kier alpha value is -1.53. The molecule has 0 bridgehead atoms. The van der Waals surface area contributed by atoms with Gasteiger partial charge < -0.3 is 5.32 Å². The average Bonchev–Trinajstić information content (AvgIpc) is 2.47. The number of carbonyl (C=O) groups is 1. The third kappa shape index (κ3) is 6.23. The van der Waals surface area contributed by atoms with Gasteiger partial charge in [-0.2, -0.15) is 0 Å². The van der Waals surface area contributed by atoms with Gasteiger partial charge in [-0.1, -0.05) is 6.92 Å². The molecule has 0 spiro atoms. The van der Waals surface area contributed by atoms with Crippen LogP contribution in [0.5, 0.6) is 0 Å². The highest BCUT2D eigenvalue weighted by Gasteiger charge is 2.21. The van der Waals surface area contributed by atoms with Crippen LogP contribution in [0.4, 0.5) is 0 Å². The molecular weight excluding hydrogens is 290 g/mol. The van der Waals surface area contributed by atoms with Gasteiger partial charge in [0.25, 0.3) is 0 Å². The minimum absolute atomic E-state index is 0.106. The van der Waals surface area contributed by atoms with E-state index in [4.69, 9.17) is 0 Å². The third-order valence-electron chi connectivity index (χ3n) is 3.81. The molecule has 1 aromatic heterocycles. The Morgan fingerprint density at radius 3 is 2.48 bits per heavy atom. The Morgan fingerprint density at radius 2 is 1.87 bits per heavy atom. The van der Waals surface area contributed by atoms with Gasteiger partial charge in [0.2, 0.25) is 5.91 Å². The van der Waals surface area contributed by atoms with E-state index in [9.17, 15) is 4.79 Å². The first kappa shape index (κ1) is 17.8. The standard InChI is InChI=1S/C17H29N5O/c1-5-15-18-7-6-14(19-15)12-21-8-10-22(11-9-21)13-16(23)20-17(2,3)4/h6-7H,5,8-13H2,1-4H3,(H,20,23). The molecule has 0 aliphatic carbocycles. The average molecular weight is 319 g/mol. The highest BCUT2D eigenvalue weighted by atomic mass is 16.2. The molecule has 1 aliphatic rings. The van der Waals surface area contributed by atoms with Gasteiger partial charge in [0.1, 0.15) is 5.82 Å². The predicted molar refractivity (Wildman–Crippen MR) is 91.0 cm³/mol. The van der Waals surface area contributed by atoms with Crippen LogP contribution >= 0.6 is 0 Å². The zero-order valence-corrected chi connectivity index (χ0v) is 14.8. The molecule has 1 fully saturated rings. The minimum atomic E-state index is -0.164. The van der Waals surface area contributed by atoms with Gasteiger partial charge in [-0.05, 0) is 26.8 Å². The second kappa shape index (κ2) is 7.84. The molecule has 2 heterocycles. The highest BCUT2D eigenvalue weighted by Crippen LogP contribution is 2.07. The molecule has 1 aliphatic heterocycles. The lowest BCUT2D eigenvalue weighted by Gasteiger charge is -2.34. The van der Waals surface area contributed by atoms with Crippen molar-refractivity contribution in [1.82, 2.24) is 25.1 Å². The number of aryl methyl sites for hydroxylation is 1. The molecule has 0 aromatic carbocycles. The Bertz CT molecular complexity index is 518. The fraction of sp³-hybridized carbons (Fsp3) is 0.706. The summed E-state index contributed by atoms with van der Waals surface area (Å²) in [5.41, 5.74) is 0.916. The number of aromatic nitrogens is 2. The van der Waals surface area contributed by atoms with Crippen molar-refractivity contribution in [2.45, 2.75) is 46.2 Å². The molecule has 0 saturated carbocycles. The first-order chi connectivity index (χ1) is 10.9. The summed E-state index contributed by atoms with van der Waals surface area (Å²) < 4.78 is 0. The van der Waals surface area contributed by atoms with E-state index in [1.807, 2.05) is 33.0 Å². The monoisotopic (exact) mass is 319 g/mol. The van der Waals surface area contributed by atoms with Gasteiger partial charge in [-0.15, -0.1) is 0 Å². The molecule has 6 nitrogen and oxygen atoms in total. The van der Waals surface area contributed by atoms with E-state index in [1.54, 1.807) is 0 Å². The SMILES string of the molecule is CCc1nccc(CN2CCN(CC(=O)NC(C)(C)C)CC2)n1. The second-order valence-corrected chi connectivity index (χ2v) is 7.17. The fourth-order valence-electron chi connectivity index (χ4n) is 2.70. The van der Waals surface area contributed by atoms with E-state index in [-0.39, 0.29) is 11.4 Å². The maximum Gasteiger partial charge on any atom is 0.234 e. The molecule has 128 valence electrons. The van der Waals surface area contributed by atoms with E-state index in [2.05, 4.69) is 32.0 Å². The number of hydrogen-bond acceptors (Lipinski definition) is 5. The van der Waals surface area contributed by atoms with Crippen LogP contribution in [0, 0.1) is 0 Å². The van der Waals surface area contributed by atoms with Crippen LogP contribution in [0.3, 0.4) is 0 Å². The molecule has 0 unspecified atom stereocenters. The maximum absolute atomic E-state index is 12.0. The molecular formula is C17H29N5O. The lowest BCUT2D eigenvalue weighted by molar-refractivity contribution is -0.124. The Morgan fingerprint density at radius 1 is 1.22 bits per heavy atom. The Labute approximate surface area is 139 Å². The molecule has 0 radical (unpaired) electrons. The van der Waals surface area contributed by atoms with E-state index < -0.39 is 0 Å². The van der Waals surface area contributed by atoms with Crippen LogP contribution in [-0.2, 0) is 17.8 Å². The number of hydrogen-bond donors (Lipinski definition) is 1. The zero-order chi connectivity index (χ0) is 16.9. The quantitative estimate of drug-likeness (QED) is 0.880. The lowest BCUT2D eigenvalue weighted by atomic mass is 10.1. The fourth-order valence-corrected chi connectivity index (χ4v) is 2.70. The number of rotatable bonds is 5. The zero-order valence-electron chi connectivity index (χ0n) is 14.8. The van der Waals surface area contributed by atoms with E-state index >= 15 is 0 Å². The number of amides is 1. The topological polar surface area (TPSA) is 61.4 Å². The predicted octanol–water partition coefficient (Wildman–Crippen LogP) is 1.07. The van der Waals surface area contributed by atoms with E-state index in [1.165, 1.54) is 0 Å².